The van der Waals surface area contributed by atoms with Gasteiger partial charge in [-0.1, -0.05) is 35.9 Å². The van der Waals surface area contributed by atoms with Gasteiger partial charge in [0.05, 0.1) is 11.4 Å². The number of nitrogens with zero attached hydrogens (tertiary/aromatic N) is 2. The summed E-state index contributed by atoms with van der Waals surface area (Å²) in [5.74, 6) is 0. The van der Waals surface area contributed by atoms with Gasteiger partial charge in [0.2, 0.25) is 6.41 Å². The summed E-state index contributed by atoms with van der Waals surface area (Å²) in [7, 11) is 0. The standard InChI is InChI=1S/C16H16N2O/c1-13-6-8-15(9-7-13)18(12-19)17-11-10-14-4-2-3-5-16(14)17/h2-9,12H,10-11H2,1H3. The minimum absolute atomic E-state index is 0.839. The van der Waals surface area contributed by atoms with Gasteiger partial charge in [0.25, 0.3) is 0 Å². The van der Waals surface area contributed by atoms with Crippen LogP contribution < -0.4 is 10.0 Å². The highest BCUT2D eigenvalue weighted by atomic mass is 16.1. The summed E-state index contributed by atoms with van der Waals surface area (Å²) in [5, 5.41) is 3.72. The van der Waals surface area contributed by atoms with Crippen molar-refractivity contribution in [1.82, 2.24) is 0 Å². The Hall–Kier alpha value is -2.29. The first kappa shape index (κ1) is 11.8. The van der Waals surface area contributed by atoms with E-state index in [-0.39, 0.29) is 0 Å². The lowest BCUT2D eigenvalue weighted by atomic mass is 10.2. The van der Waals surface area contributed by atoms with Gasteiger partial charge in [-0.05, 0) is 37.1 Å². The molecule has 19 heavy (non-hydrogen) atoms. The smallest absolute Gasteiger partial charge is 0.233 e. The Morgan fingerprint density at radius 2 is 1.84 bits per heavy atom. The van der Waals surface area contributed by atoms with E-state index >= 15 is 0 Å². The average Bonchev–Trinajstić information content (AvgIpc) is 2.86. The van der Waals surface area contributed by atoms with E-state index in [4.69, 9.17) is 0 Å². The third kappa shape index (κ3) is 2.08. The fourth-order valence-corrected chi connectivity index (χ4v) is 2.50. The molecule has 0 aliphatic carbocycles. The van der Waals surface area contributed by atoms with Crippen molar-refractivity contribution >= 4 is 17.8 Å². The van der Waals surface area contributed by atoms with Gasteiger partial charge >= 0.3 is 0 Å². The van der Waals surface area contributed by atoms with E-state index in [1.165, 1.54) is 11.1 Å². The van der Waals surface area contributed by atoms with Crippen molar-refractivity contribution in [3.05, 3.63) is 59.7 Å². The number of benzene rings is 2. The number of carbonyl (C=O) groups is 1. The van der Waals surface area contributed by atoms with Crippen LogP contribution in [-0.2, 0) is 11.2 Å². The molecular formula is C16H16N2O. The van der Waals surface area contributed by atoms with Crippen molar-refractivity contribution in [1.29, 1.82) is 0 Å². The Balaban J connectivity index is 1.96. The predicted octanol–water partition coefficient (Wildman–Crippen LogP) is 2.94. The maximum Gasteiger partial charge on any atom is 0.233 e. The third-order valence-corrected chi connectivity index (χ3v) is 3.52. The number of rotatable bonds is 3. The lowest BCUT2D eigenvalue weighted by Gasteiger charge is -2.30. The van der Waals surface area contributed by atoms with Crippen LogP contribution in [0.15, 0.2) is 48.5 Å². The van der Waals surface area contributed by atoms with Crippen molar-refractivity contribution in [3.8, 4) is 0 Å². The lowest BCUT2D eigenvalue weighted by molar-refractivity contribution is -0.107. The first-order chi connectivity index (χ1) is 9.29. The topological polar surface area (TPSA) is 23.6 Å². The van der Waals surface area contributed by atoms with Crippen LogP contribution in [0.5, 0.6) is 0 Å². The predicted molar refractivity (Wildman–Crippen MR) is 77.2 cm³/mol. The second-order valence-corrected chi connectivity index (χ2v) is 4.79. The van der Waals surface area contributed by atoms with Gasteiger partial charge in [-0.15, -0.1) is 0 Å². The molecule has 2 aromatic carbocycles. The first-order valence-corrected chi connectivity index (χ1v) is 6.46. The Morgan fingerprint density at radius 1 is 1.11 bits per heavy atom. The molecule has 2 aromatic rings. The van der Waals surface area contributed by atoms with Crippen molar-refractivity contribution in [3.63, 3.8) is 0 Å². The normalized spacial score (nSPS) is 13.2. The number of aryl methyl sites for hydroxylation is 1. The number of carbonyl (C=O) groups excluding carboxylic acids is 1. The molecule has 0 spiro atoms. The van der Waals surface area contributed by atoms with E-state index in [9.17, 15) is 4.79 Å². The van der Waals surface area contributed by atoms with E-state index in [0.717, 1.165) is 30.8 Å². The van der Waals surface area contributed by atoms with Crippen LogP contribution in [0.4, 0.5) is 11.4 Å². The summed E-state index contributed by atoms with van der Waals surface area (Å²) in [4.78, 5) is 11.5. The Morgan fingerprint density at radius 3 is 2.58 bits per heavy atom. The van der Waals surface area contributed by atoms with Crippen LogP contribution in [0.1, 0.15) is 11.1 Å². The first-order valence-electron chi connectivity index (χ1n) is 6.46. The van der Waals surface area contributed by atoms with E-state index < -0.39 is 0 Å². The van der Waals surface area contributed by atoms with Crippen LogP contribution >= 0.6 is 0 Å². The maximum atomic E-state index is 11.5. The Labute approximate surface area is 113 Å². The third-order valence-electron chi connectivity index (χ3n) is 3.52. The molecule has 0 fully saturated rings. The van der Waals surface area contributed by atoms with E-state index in [2.05, 4.69) is 12.1 Å². The molecule has 0 atom stereocenters. The zero-order valence-corrected chi connectivity index (χ0v) is 10.9. The molecule has 0 saturated heterocycles. The minimum atomic E-state index is 0.839. The zero-order valence-electron chi connectivity index (χ0n) is 10.9. The van der Waals surface area contributed by atoms with Crippen LogP contribution in [0.3, 0.4) is 0 Å². The number of fused-ring (bicyclic) bond motifs is 1. The summed E-state index contributed by atoms with van der Waals surface area (Å²) in [5.41, 5.74) is 4.50. The quantitative estimate of drug-likeness (QED) is 0.784. The molecule has 1 amide bonds. The van der Waals surface area contributed by atoms with E-state index in [0.29, 0.717) is 0 Å². The van der Waals surface area contributed by atoms with Crippen molar-refractivity contribution in [2.75, 3.05) is 16.6 Å². The largest absolute Gasteiger partial charge is 0.278 e. The second-order valence-electron chi connectivity index (χ2n) is 4.79. The number of hydrogen-bond donors (Lipinski definition) is 0. The van der Waals surface area contributed by atoms with E-state index in [1.807, 2.05) is 48.3 Å². The van der Waals surface area contributed by atoms with Crippen molar-refractivity contribution in [2.24, 2.45) is 0 Å². The minimum Gasteiger partial charge on any atom is -0.278 e. The number of hydrogen-bond acceptors (Lipinski definition) is 2. The fraction of sp³-hybridized carbons (Fsp3) is 0.188. The van der Waals surface area contributed by atoms with Gasteiger partial charge in [0.15, 0.2) is 0 Å². The van der Waals surface area contributed by atoms with Crippen LogP contribution in [0.2, 0.25) is 0 Å². The highest BCUT2D eigenvalue weighted by molar-refractivity contribution is 5.81. The molecule has 0 N–H and O–H groups in total. The SMILES string of the molecule is Cc1ccc(N(C=O)N2CCc3ccccc32)cc1. The Kier molecular flexibility index (Phi) is 2.95. The molecule has 3 rings (SSSR count). The molecule has 0 aromatic heterocycles. The molecule has 0 saturated carbocycles. The average molecular weight is 252 g/mol. The lowest BCUT2D eigenvalue weighted by Crippen LogP contribution is -2.41. The summed E-state index contributed by atoms with van der Waals surface area (Å²) >= 11 is 0. The summed E-state index contributed by atoms with van der Waals surface area (Å²) < 4.78 is 0. The van der Waals surface area contributed by atoms with Crippen LogP contribution in [0, 0.1) is 6.92 Å². The number of hydrazine groups is 1. The molecular weight excluding hydrogens is 236 g/mol. The number of anilines is 2. The summed E-state index contributed by atoms with van der Waals surface area (Å²) in [6, 6.07) is 16.2. The summed E-state index contributed by atoms with van der Waals surface area (Å²) in [6.07, 6.45) is 1.86. The van der Waals surface area contributed by atoms with Crippen LogP contribution in [0.25, 0.3) is 0 Å². The maximum absolute atomic E-state index is 11.5. The fourth-order valence-electron chi connectivity index (χ4n) is 2.50. The van der Waals surface area contributed by atoms with Gasteiger partial charge in [0, 0.05) is 6.54 Å². The van der Waals surface area contributed by atoms with E-state index in [1.54, 1.807) is 5.01 Å². The molecule has 0 radical (unpaired) electrons. The van der Waals surface area contributed by atoms with Gasteiger partial charge in [-0.25, -0.2) is 5.01 Å². The zero-order chi connectivity index (χ0) is 13.2. The van der Waals surface area contributed by atoms with Crippen LogP contribution in [-0.4, -0.2) is 13.0 Å². The number of amides is 1. The van der Waals surface area contributed by atoms with Crippen molar-refractivity contribution in [2.45, 2.75) is 13.3 Å². The molecule has 1 aliphatic heterocycles. The van der Waals surface area contributed by atoms with Gasteiger partial charge in [-0.2, -0.15) is 0 Å². The highest BCUT2D eigenvalue weighted by Crippen LogP contribution is 2.30. The molecule has 3 nitrogen and oxygen atoms in total. The molecule has 1 aliphatic rings. The molecule has 0 unspecified atom stereocenters. The van der Waals surface area contributed by atoms with Gasteiger partial charge < -0.3 is 0 Å². The summed E-state index contributed by atoms with van der Waals surface area (Å²) in [6.45, 7) is 2.88. The Bertz CT molecular complexity index is 592. The molecule has 96 valence electrons. The molecule has 1 heterocycles. The highest BCUT2D eigenvalue weighted by Gasteiger charge is 2.24. The van der Waals surface area contributed by atoms with Gasteiger partial charge in [0.1, 0.15) is 0 Å². The molecule has 0 bridgehead atoms. The number of para-hydroxylation sites is 1. The second kappa shape index (κ2) is 4.76. The molecule has 3 heteroatoms. The van der Waals surface area contributed by atoms with Gasteiger partial charge in [-0.3, -0.25) is 9.80 Å². The van der Waals surface area contributed by atoms with Crippen molar-refractivity contribution < 1.29 is 4.79 Å². The monoisotopic (exact) mass is 252 g/mol.